The number of imidazole rings is 2. The fourth-order valence-electron chi connectivity index (χ4n) is 3.59. The molecule has 7 heteroatoms. The molecule has 3 heterocycles. The molecule has 0 fully saturated rings. The summed E-state index contributed by atoms with van der Waals surface area (Å²) in [6.45, 7) is 2.02. The van der Waals surface area contributed by atoms with Gasteiger partial charge < -0.3 is 14.3 Å². The molecule has 0 unspecified atom stereocenters. The van der Waals surface area contributed by atoms with Gasteiger partial charge in [-0.3, -0.25) is 4.79 Å². The summed E-state index contributed by atoms with van der Waals surface area (Å²) < 4.78 is 7.03. The van der Waals surface area contributed by atoms with Gasteiger partial charge >= 0.3 is 0 Å². The number of rotatable bonds is 6. The van der Waals surface area contributed by atoms with Crippen LogP contribution in [0.4, 0.5) is 0 Å². The van der Waals surface area contributed by atoms with E-state index >= 15 is 0 Å². The number of aromatic nitrogens is 5. The molecule has 32 heavy (non-hydrogen) atoms. The van der Waals surface area contributed by atoms with Gasteiger partial charge in [-0.25, -0.2) is 15.0 Å². The summed E-state index contributed by atoms with van der Waals surface area (Å²) in [5.41, 5.74) is 5.20. The van der Waals surface area contributed by atoms with Crippen molar-refractivity contribution >= 4 is 5.78 Å². The molecule has 7 nitrogen and oxygen atoms in total. The van der Waals surface area contributed by atoms with Crippen LogP contribution in [0.5, 0.6) is 5.75 Å². The number of hydrogen-bond donors (Lipinski definition) is 1. The van der Waals surface area contributed by atoms with Crippen LogP contribution >= 0.6 is 0 Å². The minimum absolute atomic E-state index is 0.0381. The number of hydrogen-bond acceptors (Lipinski definition) is 5. The Hall–Kier alpha value is -4.26. The van der Waals surface area contributed by atoms with E-state index in [1.165, 1.54) is 0 Å². The van der Waals surface area contributed by atoms with E-state index in [4.69, 9.17) is 4.74 Å². The lowest BCUT2D eigenvalue weighted by molar-refractivity contribution is 0.0967. The van der Waals surface area contributed by atoms with Crippen molar-refractivity contribution in [2.45, 2.75) is 13.5 Å². The SMILES string of the molecule is COc1ccc(-c2ccc(-c3nc4ccn(CC(=O)c5cnc(C)[nH]5)cc-4n3)cc2)cc1. The number of ketones is 1. The average Bonchev–Trinajstić information content (AvgIpc) is 3.45. The van der Waals surface area contributed by atoms with Crippen LogP contribution in [0.3, 0.4) is 0 Å². The van der Waals surface area contributed by atoms with E-state index in [0.29, 0.717) is 11.5 Å². The molecular weight excluding hydrogens is 402 g/mol. The fourth-order valence-corrected chi connectivity index (χ4v) is 3.59. The Morgan fingerprint density at radius 2 is 1.59 bits per heavy atom. The quantitative estimate of drug-likeness (QED) is 0.402. The number of benzene rings is 2. The Morgan fingerprint density at radius 3 is 2.25 bits per heavy atom. The standard InChI is InChI=1S/C25H21N5O2/c1-16-26-13-22(27-16)24(31)15-30-12-11-21-23(14-30)29-25(28-21)19-5-3-17(4-6-19)18-7-9-20(32-2)10-8-18/h3-14H,15H2,1-2H3,(H,26,27). The average molecular weight is 423 g/mol. The summed E-state index contributed by atoms with van der Waals surface area (Å²) in [6.07, 6.45) is 5.25. The van der Waals surface area contributed by atoms with Gasteiger partial charge in [0, 0.05) is 18.0 Å². The number of carbonyl (C=O) groups excluding carboxylic acids is 1. The van der Waals surface area contributed by atoms with Crippen molar-refractivity contribution in [2.24, 2.45) is 0 Å². The second-order valence-electron chi connectivity index (χ2n) is 7.55. The van der Waals surface area contributed by atoms with E-state index in [2.05, 4.69) is 32.1 Å². The lowest BCUT2D eigenvalue weighted by atomic mass is 10.0. The summed E-state index contributed by atoms with van der Waals surface area (Å²) >= 11 is 0. The number of fused-ring (bicyclic) bond motifs is 1. The Labute approximate surface area is 185 Å². The van der Waals surface area contributed by atoms with Gasteiger partial charge in [0.05, 0.1) is 25.5 Å². The van der Waals surface area contributed by atoms with Crippen LogP contribution < -0.4 is 4.74 Å². The van der Waals surface area contributed by atoms with Gasteiger partial charge in [-0.1, -0.05) is 36.4 Å². The van der Waals surface area contributed by atoms with Crippen LogP contribution in [0.15, 0.2) is 73.2 Å². The lowest BCUT2D eigenvalue weighted by Gasteiger charge is -2.06. The smallest absolute Gasteiger partial charge is 0.200 e. The molecule has 2 aromatic carbocycles. The minimum atomic E-state index is -0.0381. The predicted octanol–water partition coefficient (Wildman–Crippen LogP) is 4.64. The zero-order valence-electron chi connectivity index (χ0n) is 17.7. The van der Waals surface area contributed by atoms with E-state index in [0.717, 1.165) is 39.7 Å². The first kappa shape index (κ1) is 19.7. The summed E-state index contributed by atoms with van der Waals surface area (Å²) in [5, 5.41) is 0. The molecular formula is C25H21N5O2. The molecule has 0 aliphatic carbocycles. The van der Waals surface area contributed by atoms with Gasteiger partial charge in [-0.2, -0.15) is 0 Å². The molecule has 0 saturated carbocycles. The Kier molecular flexibility index (Phi) is 4.99. The largest absolute Gasteiger partial charge is 0.497 e. The summed E-state index contributed by atoms with van der Waals surface area (Å²) in [6, 6.07) is 18.0. The molecule has 1 N–H and O–H groups in total. The highest BCUT2D eigenvalue weighted by Crippen LogP contribution is 2.28. The first-order chi connectivity index (χ1) is 15.6. The Balaban J connectivity index is 1.36. The highest BCUT2D eigenvalue weighted by atomic mass is 16.5. The molecule has 0 radical (unpaired) electrons. The van der Waals surface area contributed by atoms with Crippen molar-refractivity contribution in [1.29, 1.82) is 0 Å². The topological polar surface area (TPSA) is 85.7 Å². The normalized spacial score (nSPS) is 11.1. The van der Waals surface area contributed by atoms with Crippen molar-refractivity contribution < 1.29 is 9.53 Å². The number of pyridine rings is 1. The number of H-pyrrole nitrogens is 1. The van der Waals surface area contributed by atoms with Gasteiger partial charge in [0.25, 0.3) is 0 Å². The minimum Gasteiger partial charge on any atom is -0.497 e. The molecule has 0 bridgehead atoms. The van der Waals surface area contributed by atoms with E-state index in [-0.39, 0.29) is 12.3 Å². The van der Waals surface area contributed by atoms with Crippen molar-refractivity contribution in [2.75, 3.05) is 7.11 Å². The van der Waals surface area contributed by atoms with Crippen LogP contribution in [0.25, 0.3) is 33.9 Å². The third-order valence-electron chi connectivity index (χ3n) is 5.32. The Morgan fingerprint density at radius 1 is 0.938 bits per heavy atom. The fraction of sp³-hybridized carbons (Fsp3) is 0.120. The summed E-state index contributed by atoms with van der Waals surface area (Å²) in [7, 11) is 1.66. The zero-order chi connectivity index (χ0) is 22.1. The maximum absolute atomic E-state index is 12.4. The second kappa shape index (κ2) is 8.11. The molecule has 0 spiro atoms. The molecule has 5 rings (SSSR count). The number of carbonyl (C=O) groups is 1. The maximum Gasteiger partial charge on any atom is 0.200 e. The highest BCUT2D eigenvalue weighted by Gasteiger charge is 2.15. The second-order valence-corrected chi connectivity index (χ2v) is 7.55. The number of ether oxygens (including phenoxy) is 1. The van der Waals surface area contributed by atoms with Crippen molar-refractivity contribution in [3.05, 3.63) is 84.7 Å². The number of nitrogens with zero attached hydrogens (tertiary/aromatic N) is 4. The van der Waals surface area contributed by atoms with Gasteiger partial charge in [-0.05, 0) is 36.2 Å². The molecule has 0 saturated heterocycles. The molecule has 0 amide bonds. The van der Waals surface area contributed by atoms with E-state index in [9.17, 15) is 4.79 Å². The van der Waals surface area contributed by atoms with E-state index in [1.807, 2.05) is 66.3 Å². The molecule has 2 aliphatic heterocycles. The molecule has 3 aromatic rings. The van der Waals surface area contributed by atoms with E-state index < -0.39 is 0 Å². The third kappa shape index (κ3) is 3.88. The van der Waals surface area contributed by atoms with Gasteiger partial charge in [0.2, 0.25) is 0 Å². The van der Waals surface area contributed by atoms with Crippen molar-refractivity contribution in [3.8, 4) is 39.7 Å². The molecule has 158 valence electrons. The number of methoxy groups -OCH3 is 1. The number of nitrogens with one attached hydrogen (secondary N) is 1. The molecule has 0 atom stereocenters. The summed E-state index contributed by atoms with van der Waals surface area (Å²) in [5.74, 6) is 2.18. The third-order valence-corrected chi connectivity index (χ3v) is 5.32. The molecule has 2 aliphatic rings. The monoisotopic (exact) mass is 423 g/mol. The zero-order valence-corrected chi connectivity index (χ0v) is 17.7. The van der Waals surface area contributed by atoms with Gasteiger partial charge in [0.15, 0.2) is 11.6 Å². The van der Waals surface area contributed by atoms with Crippen molar-refractivity contribution in [1.82, 2.24) is 24.5 Å². The predicted molar refractivity (Wildman–Crippen MR) is 122 cm³/mol. The number of aryl methyl sites for hydroxylation is 1. The highest BCUT2D eigenvalue weighted by molar-refractivity contribution is 5.94. The van der Waals surface area contributed by atoms with Crippen LogP contribution in [0.2, 0.25) is 0 Å². The number of aromatic amines is 1. The van der Waals surface area contributed by atoms with Crippen LogP contribution in [0, 0.1) is 6.92 Å². The van der Waals surface area contributed by atoms with E-state index in [1.54, 1.807) is 13.3 Å². The van der Waals surface area contributed by atoms with Gasteiger partial charge in [-0.15, -0.1) is 0 Å². The Bertz CT molecular complexity index is 1350. The van der Waals surface area contributed by atoms with Crippen molar-refractivity contribution in [3.63, 3.8) is 0 Å². The first-order valence-corrected chi connectivity index (χ1v) is 10.2. The molecule has 1 aromatic heterocycles. The van der Waals surface area contributed by atoms with Gasteiger partial charge in [0.1, 0.15) is 23.0 Å². The lowest BCUT2D eigenvalue weighted by Crippen LogP contribution is -2.11. The maximum atomic E-state index is 12.4. The van der Waals surface area contributed by atoms with Crippen LogP contribution in [-0.2, 0) is 6.54 Å². The van der Waals surface area contributed by atoms with Crippen LogP contribution in [-0.4, -0.2) is 37.4 Å². The number of Topliss-reactive ketones (excluding diaryl/α,β-unsaturated/α-hetero) is 1. The summed E-state index contributed by atoms with van der Waals surface area (Å²) in [4.78, 5) is 28.8. The van der Waals surface area contributed by atoms with Crippen LogP contribution in [0.1, 0.15) is 16.3 Å². The first-order valence-electron chi connectivity index (χ1n) is 10.2.